The van der Waals surface area contributed by atoms with Crippen molar-refractivity contribution in [2.45, 2.75) is 115 Å². The van der Waals surface area contributed by atoms with Gasteiger partial charge in [-0.15, -0.1) is 0 Å². The van der Waals surface area contributed by atoms with Gasteiger partial charge in [0.2, 0.25) is 27.7 Å². The van der Waals surface area contributed by atoms with Crippen molar-refractivity contribution in [3.8, 4) is 28.8 Å². The van der Waals surface area contributed by atoms with Crippen LogP contribution in [0.4, 0.5) is 0 Å². The molecule has 1 N–H and O–H groups in total. The summed E-state index contributed by atoms with van der Waals surface area (Å²) in [7, 11) is -0.737. The molecule has 4 aliphatic rings. The summed E-state index contributed by atoms with van der Waals surface area (Å²) in [5, 5.41) is -0.0281. The number of carbonyl (C=O) groups excluding carboxylic acids is 4. The van der Waals surface area contributed by atoms with E-state index in [-0.39, 0.29) is 61.1 Å². The molecule has 1 aromatic heterocycles. The minimum absolute atomic E-state index is 0.000436. The Hall–Kier alpha value is -5.05. The second kappa shape index (κ2) is 17.4. The summed E-state index contributed by atoms with van der Waals surface area (Å²) in [6.45, 7) is 9.41. The molecule has 61 heavy (non-hydrogen) atoms. The topological polar surface area (TPSA) is 180 Å². The van der Waals surface area contributed by atoms with Gasteiger partial charge in [0.25, 0.3) is 0 Å². The highest BCUT2D eigenvalue weighted by Gasteiger charge is 2.61. The maximum absolute atomic E-state index is 15.1. The highest BCUT2D eigenvalue weighted by molar-refractivity contribution is 7.90. The Labute approximate surface area is 358 Å². The number of ether oxygens (including phenoxy) is 4. The van der Waals surface area contributed by atoms with Crippen molar-refractivity contribution in [1.29, 1.82) is 0 Å². The van der Waals surface area contributed by atoms with Gasteiger partial charge in [0.1, 0.15) is 23.2 Å². The molecule has 2 aliphatic heterocycles. The molecule has 1 saturated heterocycles. The van der Waals surface area contributed by atoms with E-state index in [1.54, 1.807) is 65.3 Å². The third-order valence-electron chi connectivity index (χ3n) is 12.5. The number of rotatable bonds is 10. The molecule has 0 radical (unpaired) electrons. The largest absolute Gasteiger partial charge is 0.497 e. The van der Waals surface area contributed by atoms with Gasteiger partial charge in [-0.1, -0.05) is 26.0 Å². The van der Waals surface area contributed by atoms with E-state index in [1.165, 1.54) is 4.90 Å². The predicted octanol–water partition coefficient (Wildman–Crippen LogP) is 6.60. The van der Waals surface area contributed by atoms with Crippen molar-refractivity contribution in [1.82, 2.24) is 19.6 Å². The van der Waals surface area contributed by atoms with Crippen LogP contribution in [0.2, 0.25) is 0 Å². The number of amides is 2. The second-order valence-corrected chi connectivity index (χ2v) is 20.4. The van der Waals surface area contributed by atoms with Crippen LogP contribution in [0.3, 0.4) is 0 Å². The number of ketones is 1. The fourth-order valence-electron chi connectivity index (χ4n) is 8.87. The summed E-state index contributed by atoms with van der Waals surface area (Å²) in [4.78, 5) is 68.5. The SMILES string of the molecule is COc1ccc(-c2nc(O[C@@H]3C[C@H]4C(=O)C[C@]5(C(=O)NS(=O)(=O)C6CC6)C[C@H]5/C=C\CC[C@H](C)C[C@@H](C)[C@H](CC(=O)OC(C)(C)C)C(=O)N4C3)c3ccc(OC)cc3n2)cc1. The van der Waals surface area contributed by atoms with Crippen LogP contribution in [0.5, 0.6) is 17.4 Å². The number of hydrogen-bond donors (Lipinski definition) is 1. The highest BCUT2D eigenvalue weighted by Crippen LogP contribution is 2.57. The molecule has 0 bridgehead atoms. The molecule has 7 atom stereocenters. The van der Waals surface area contributed by atoms with Gasteiger partial charge in [-0.3, -0.25) is 23.9 Å². The van der Waals surface area contributed by atoms with Crippen LogP contribution in [0, 0.1) is 29.1 Å². The van der Waals surface area contributed by atoms with Gasteiger partial charge in [-0.25, -0.2) is 13.4 Å². The molecule has 2 aliphatic carbocycles. The van der Waals surface area contributed by atoms with Crippen LogP contribution in [-0.2, 0) is 33.9 Å². The van der Waals surface area contributed by atoms with E-state index in [0.717, 1.165) is 6.42 Å². The number of fused-ring (bicyclic) bond motifs is 3. The van der Waals surface area contributed by atoms with Crippen molar-refractivity contribution in [2.24, 2.45) is 29.1 Å². The fraction of sp³-hybridized carbons (Fsp3) is 0.565. The van der Waals surface area contributed by atoms with Crippen molar-refractivity contribution < 1.29 is 46.5 Å². The third kappa shape index (κ3) is 10.0. The molecule has 3 aromatic rings. The van der Waals surface area contributed by atoms with Crippen molar-refractivity contribution in [2.75, 3.05) is 20.8 Å². The zero-order valence-corrected chi connectivity index (χ0v) is 37.0. The predicted molar refractivity (Wildman–Crippen MR) is 228 cm³/mol. The molecule has 328 valence electrons. The Morgan fingerprint density at radius 1 is 0.951 bits per heavy atom. The van der Waals surface area contributed by atoms with E-state index in [2.05, 4.69) is 11.6 Å². The van der Waals surface area contributed by atoms with Gasteiger partial charge in [0.05, 0.1) is 60.7 Å². The smallest absolute Gasteiger partial charge is 0.307 e. The van der Waals surface area contributed by atoms with Gasteiger partial charge in [-0.2, -0.15) is 4.98 Å². The molecule has 15 heteroatoms. The van der Waals surface area contributed by atoms with Crippen LogP contribution >= 0.6 is 0 Å². The Kier molecular flexibility index (Phi) is 12.5. The van der Waals surface area contributed by atoms with Gasteiger partial charge in [0, 0.05) is 24.5 Å². The third-order valence-corrected chi connectivity index (χ3v) is 14.3. The fourth-order valence-corrected chi connectivity index (χ4v) is 10.3. The number of allylic oxidation sites excluding steroid dienone is 2. The molecule has 14 nitrogen and oxygen atoms in total. The van der Waals surface area contributed by atoms with Crippen molar-refractivity contribution in [3.63, 3.8) is 0 Å². The molecule has 3 fully saturated rings. The summed E-state index contributed by atoms with van der Waals surface area (Å²) in [6, 6.07) is 11.6. The average Bonchev–Trinajstić information content (AvgIpc) is 4.14. The summed E-state index contributed by atoms with van der Waals surface area (Å²) < 4.78 is 51.6. The van der Waals surface area contributed by atoms with Crippen LogP contribution in [-0.4, -0.2) is 90.6 Å². The minimum atomic E-state index is -3.88. The number of esters is 1. The first-order valence-electron chi connectivity index (χ1n) is 21.3. The highest BCUT2D eigenvalue weighted by atomic mass is 32.2. The van der Waals surface area contributed by atoms with E-state index < -0.39 is 56.2 Å². The number of Topliss-reactive ketones (excluding diaryl/α,β-unsaturated/α-hetero) is 1. The van der Waals surface area contributed by atoms with Gasteiger partial charge in [0.15, 0.2) is 11.6 Å². The lowest BCUT2D eigenvalue weighted by atomic mass is 9.82. The number of benzene rings is 2. The van der Waals surface area contributed by atoms with Crippen molar-refractivity contribution >= 4 is 44.5 Å². The molecular formula is C46H58N4O10S. The molecule has 2 aromatic carbocycles. The first-order chi connectivity index (χ1) is 28.9. The number of carbonyl (C=O) groups is 4. The van der Waals surface area contributed by atoms with E-state index in [9.17, 15) is 22.8 Å². The normalized spacial score (nSPS) is 27.8. The summed E-state index contributed by atoms with van der Waals surface area (Å²) in [5.41, 5.74) is -0.801. The first kappa shape index (κ1) is 44.0. The van der Waals surface area contributed by atoms with Crippen LogP contribution in [0.15, 0.2) is 54.6 Å². The molecule has 3 heterocycles. The quantitative estimate of drug-likeness (QED) is 0.171. The maximum atomic E-state index is 15.1. The number of aromatic nitrogens is 2. The molecular weight excluding hydrogens is 801 g/mol. The minimum Gasteiger partial charge on any atom is -0.497 e. The number of hydrogen-bond acceptors (Lipinski definition) is 12. The molecule has 0 spiro atoms. The lowest BCUT2D eigenvalue weighted by Gasteiger charge is -2.32. The van der Waals surface area contributed by atoms with Gasteiger partial charge in [-0.05, 0) is 113 Å². The summed E-state index contributed by atoms with van der Waals surface area (Å²) in [6.07, 6.45) is 6.28. The van der Waals surface area contributed by atoms with Crippen molar-refractivity contribution in [3.05, 3.63) is 54.6 Å². The number of methoxy groups -OCH3 is 2. The van der Waals surface area contributed by atoms with Crippen LogP contribution in [0.1, 0.15) is 92.4 Å². The second-order valence-electron chi connectivity index (χ2n) is 18.5. The maximum Gasteiger partial charge on any atom is 0.307 e. The Balaban J connectivity index is 1.26. The van der Waals surface area contributed by atoms with E-state index >= 15 is 4.79 Å². The number of nitrogens with one attached hydrogen (secondary N) is 1. The molecule has 2 amide bonds. The van der Waals surface area contributed by atoms with E-state index in [1.807, 2.05) is 31.2 Å². The Morgan fingerprint density at radius 2 is 1.66 bits per heavy atom. The lowest BCUT2D eigenvalue weighted by molar-refractivity contribution is -0.160. The monoisotopic (exact) mass is 858 g/mol. The molecule has 7 rings (SSSR count). The van der Waals surface area contributed by atoms with E-state index in [4.69, 9.17) is 28.9 Å². The Morgan fingerprint density at radius 3 is 2.33 bits per heavy atom. The lowest BCUT2D eigenvalue weighted by Crippen LogP contribution is -2.47. The Bertz CT molecular complexity index is 2300. The average molecular weight is 859 g/mol. The molecule has 2 saturated carbocycles. The summed E-state index contributed by atoms with van der Waals surface area (Å²) >= 11 is 0. The van der Waals surface area contributed by atoms with E-state index in [0.29, 0.717) is 65.9 Å². The molecule has 0 unspecified atom stereocenters. The zero-order chi connectivity index (χ0) is 43.9. The summed E-state index contributed by atoms with van der Waals surface area (Å²) in [5.74, 6) is -1.30. The first-order valence-corrected chi connectivity index (χ1v) is 22.9. The van der Waals surface area contributed by atoms with Gasteiger partial charge < -0.3 is 23.8 Å². The van der Waals surface area contributed by atoms with Crippen LogP contribution in [0.25, 0.3) is 22.3 Å². The zero-order valence-electron chi connectivity index (χ0n) is 36.1. The number of nitrogens with zero attached hydrogens (tertiary/aromatic N) is 3. The standard InChI is InChI=1S/C46H58N4O10S/c1-27-10-8-9-11-30-24-46(30,44(54)49-61(55,56)34-17-18-34)25-39(51)38-22-33(26-50(38)43(53)36(28(2)20-27)23-40(52)60-45(3,4)5)59-42-35-19-16-32(58-7)21-37(35)47-41(48-42)29-12-14-31(57-6)15-13-29/h9,11-16,19,21,27-28,30,33-34,36,38H,8,10,17-18,20,22-26H2,1-7H3,(H,49,54)/b11-9-/t27-,28+,30+,33+,36-,38-,46+/m0/s1. The van der Waals surface area contributed by atoms with Crippen LogP contribution < -0.4 is 18.9 Å². The van der Waals surface area contributed by atoms with Gasteiger partial charge >= 0.3 is 5.97 Å². The number of sulfonamides is 1.